The first-order valence-electron chi connectivity index (χ1n) is 4.13. The zero-order valence-electron chi connectivity index (χ0n) is 7.17. The Morgan fingerprint density at radius 1 is 1.46 bits per heavy atom. The molecule has 0 bridgehead atoms. The summed E-state index contributed by atoms with van der Waals surface area (Å²) in [6.45, 7) is 1.91. The molecule has 0 radical (unpaired) electrons. The van der Waals surface area contributed by atoms with Crippen molar-refractivity contribution in [1.82, 2.24) is 0 Å². The highest BCUT2D eigenvalue weighted by atomic mass is 32.1. The molecule has 0 aliphatic heterocycles. The Labute approximate surface area is 79.4 Å². The van der Waals surface area contributed by atoms with Crippen LogP contribution in [0.2, 0.25) is 0 Å². The number of thiophene rings is 1. The molecule has 13 heavy (non-hydrogen) atoms. The van der Waals surface area contributed by atoms with E-state index in [1.54, 1.807) is 18.2 Å². The number of hydrogen-bond acceptors (Lipinski definition) is 2. The number of aryl methyl sites for hydroxylation is 1. The second-order valence-electron chi connectivity index (χ2n) is 2.85. The molecule has 0 fully saturated rings. The molecular weight excluding hydrogens is 187 g/mol. The molecule has 3 heteroatoms. The van der Waals surface area contributed by atoms with E-state index in [1.165, 1.54) is 11.3 Å². The molecule has 1 aromatic heterocycles. The van der Waals surface area contributed by atoms with Crippen LogP contribution in [0.1, 0.15) is 11.8 Å². The van der Waals surface area contributed by atoms with E-state index in [-0.39, 0.29) is 11.6 Å². The fourth-order valence-electron chi connectivity index (χ4n) is 1.35. The minimum atomic E-state index is -0.182. The molecule has 0 aliphatic carbocycles. The van der Waals surface area contributed by atoms with Crippen LogP contribution < -0.4 is 0 Å². The molecular formula is C10H9FOS. The van der Waals surface area contributed by atoms with E-state index in [4.69, 9.17) is 0 Å². The Balaban J connectivity index is 2.83. The van der Waals surface area contributed by atoms with Crippen molar-refractivity contribution in [2.45, 2.75) is 13.3 Å². The Bertz CT molecular complexity index is 447. The number of aromatic hydroxyl groups is 1. The summed E-state index contributed by atoms with van der Waals surface area (Å²) >= 11 is 1.33. The largest absolute Gasteiger partial charge is 0.506 e. The lowest BCUT2D eigenvalue weighted by Gasteiger charge is -1.91. The molecule has 0 saturated heterocycles. The molecule has 0 amide bonds. The first kappa shape index (κ1) is 8.51. The average molecular weight is 196 g/mol. The molecule has 2 rings (SSSR count). The number of fused-ring (bicyclic) bond motifs is 1. The van der Waals surface area contributed by atoms with Gasteiger partial charge in [0.15, 0.2) is 0 Å². The van der Waals surface area contributed by atoms with Gasteiger partial charge < -0.3 is 5.11 Å². The van der Waals surface area contributed by atoms with Gasteiger partial charge in [0, 0.05) is 10.3 Å². The summed E-state index contributed by atoms with van der Waals surface area (Å²) in [4.78, 5) is 0.705. The van der Waals surface area contributed by atoms with Crippen molar-refractivity contribution < 1.29 is 9.50 Å². The highest BCUT2D eigenvalue weighted by molar-refractivity contribution is 7.19. The van der Waals surface area contributed by atoms with Crippen LogP contribution in [0.15, 0.2) is 18.2 Å². The van der Waals surface area contributed by atoms with Gasteiger partial charge in [-0.1, -0.05) is 19.1 Å². The first-order valence-corrected chi connectivity index (χ1v) is 4.94. The monoisotopic (exact) mass is 196 g/mol. The molecule has 0 aliphatic rings. The predicted octanol–water partition coefficient (Wildman–Crippen LogP) is 3.31. The van der Waals surface area contributed by atoms with Gasteiger partial charge >= 0.3 is 0 Å². The minimum absolute atomic E-state index is 0.168. The van der Waals surface area contributed by atoms with Crippen LogP contribution in [-0.2, 0) is 6.42 Å². The van der Waals surface area contributed by atoms with Crippen LogP contribution in [0, 0.1) is 5.82 Å². The van der Waals surface area contributed by atoms with Gasteiger partial charge in [0.05, 0.1) is 4.70 Å². The molecule has 68 valence electrons. The quantitative estimate of drug-likeness (QED) is 0.741. The van der Waals surface area contributed by atoms with Crippen molar-refractivity contribution in [2.24, 2.45) is 0 Å². The predicted molar refractivity (Wildman–Crippen MR) is 52.8 cm³/mol. The van der Waals surface area contributed by atoms with E-state index >= 15 is 0 Å². The molecule has 1 N–H and O–H groups in total. The number of phenolic OH excluding ortho intramolecular Hbond substituents is 1. The van der Waals surface area contributed by atoms with E-state index in [2.05, 4.69) is 0 Å². The summed E-state index contributed by atoms with van der Waals surface area (Å²) in [6.07, 6.45) is 0.671. The zero-order valence-corrected chi connectivity index (χ0v) is 7.99. The lowest BCUT2D eigenvalue weighted by atomic mass is 10.2. The maximum Gasteiger partial charge on any atom is 0.145 e. The van der Waals surface area contributed by atoms with E-state index in [0.29, 0.717) is 21.4 Å². The standard InChI is InChI=1S/C10H9FOS/c1-2-8-9(11)6-4-3-5-7(12)10(6)13-8/h3-5,12H,2H2,1H3. The molecule has 0 saturated carbocycles. The van der Waals surface area contributed by atoms with Gasteiger partial charge in [-0.15, -0.1) is 11.3 Å². The van der Waals surface area contributed by atoms with Crippen LogP contribution in [0.4, 0.5) is 4.39 Å². The van der Waals surface area contributed by atoms with Gasteiger partial charge in [-0.05, 0) is 12.5 Å². The van der Waals surface area contributed by atoms with Crippen LogP contribution >= 0.6 is 11.3 Å². The number of halogens is 1. The SMILES string of the molecule is CCc1sc2c(O)cccc2c1F. The third kappa shape index (κ3) is 1.20. The molecule has 1 nitrogen and oxygen atoms in total. The Hall–Kier alpha value is -1.09. The van der Waals surface area contributed by atoms with Crippen molar-refractivity contribution in [3.05, 3.63) is 28.9 Å². The van der Waals surface area contributed by atoms with E-state index in [0.717, 1.165) is 0 Å². The minimum Gasteiger partial charge on any atom is -0.506 e. The molecule has 0 atom stereocenters. The third-order valence-corrected chi connectivity index (χ3v) is 3.37. The fourth-order valence-corrected chi connectivity index (χ4v) is 2.38. The number of benzene rings is 1. The number of phenols is 1. The van der Waals surface area contributed by atoms with Crippen molar-refractivity contribution in [3.8, 4) is 5.75 Å². The molecule has 2 aromatic rings. The van der Waals surface area contributed by atoms with Crippen molar-refractivity contribution in [1.29, 1.82) is 0 Å². The number of hydrogen-bond donors (Lipinski definition) is 1. The zero-order chi connectivity index (χ0) is 9.42. The third-order valence-electron chi connectivity index (χ3n) is 2.02. The molecule has 1 aromatic carbocycles. The Morgan fingerprint density at radius 2 is 2.23 bits per heavy atom. The van der Waals surface area contributed by atoms with Gasteiger partial charge in [0.25, 0.3) is 0 Å². The Kier molecular flexibility index (Phi) is 1.96. The van der Waals surface area contributed by atoms with Gasteiger partial charge in [-0.2, -0.15) is 0 Å². The van der Waals surface area contributed by atoms with Gasteiger partial charge in [-0.25, -0.2) is 4.39 Å². The fraction of sp³-hybridized carbons (Fsp3) is 0.200. The number of rotatable bonds is 1. The second kappa shape index (κ2) is 3.00. The van der Waals surface area contributed by atoms with Gasteiger partial charge in [0.1, 0.15) is 11.6 Å². The Morgan fingerprint density at radius 3 is 2.85 bits per heavy atom. The maximum absolute atomic E-state index is 13.5. The summed E-state index contributed by atoms with van der Waals surface area (Å²) < 4.78 is 14.2. The lowest BCUT2D eigenvalue weighted by molar-refractivity contribution is 0.482. The van der Waals surface area contributed by atoms with Crippen molar-refractivity contribution >= 4 is 21.4 Å². The molecule has 0 spiro atoms. The van der Waals surface area contributed by atoms with Crippen LogP contribution in [0.25, 0.3) is 10.1 Å². The van der Waals surface area contributed by atoms with Crippen LogP contribution in [-0.4, -0.2) is 5.11 Å². The van der Waals surface area contributed by atoms with Crippen LogP contribution in [0.5, 0.6) is 5.75 Å². The summed E-state index contributed by atoms with van der Waals surface area (Å²) in [7, 11) is 0. The van der Waals surface area contributed by atoms with E-state index in [1.807, 2.05) is 6.92 Å². The average Bonchev–Trinajstić information content (AvgIpc) is 2.45. The smallest absolute Gasteiger partial charge is 0.145 e. The second-order valence-corrected chi connectivity index (χ2v) is 3.95. The summed E-state index contributed by atoms with van der Waals surface area (Å²) in [5.41, 5.74) is 0. The van der Waals surface area contributed by atoms with Crippen molar-refractivity contribution in [2.75, 3.05) is 0 Å². The highest BCUT2D eigenvalue weighted by Gasteiger charge is 2.12. The summed E-state index contributed by atoms with van der Waals surface area (Å²) in [5, 5.41) is 9.98. The topological polar surface area (TPSA) is 20.2 Å². The van der Waals surface area contributed by atoms with E-state index < -0.39 is 0 Å². The first-order chi connectivity index (χ1) is 6.24. The van der Waals surface area contributed by atoms with E-state index in [9.17, 15) is 9.50 Å². The highest BCUT2D eigenvalue weighted by Crippen LogP contribution is 2.35. The lowest BCUT2D eigenvalue weighted by Crippen LogP contribution is -1.76. The summed E-state index contributed by atoms with van der Waals surface area (Å²) in [5.74, 6) is -0.0144. The van der Waals surface area contributed by atoms with Crippen LogP contribution in [0.3, 0.4) is 0 Å². The normalized spacial score (nSPS) is 10.9. The van der Waals surface area contributed by atoms with Gasteiger partial charge in [-0.3, -0.25) is 0 Å². The maximum atomic E-state index is 13.5. The molecule has 1 heterocycles. The van der Waals surface area contributed by atoms with Gasteiger partial charge in [0.2, 0.25) is 0 Å². The molecule has 0 unspecified atom stereocenters. The van der Waals surface area contributed by atoms with Crippen molar-refractivity contribution in [3.63, 3.8) is 0 Å². The summed E-state index contributed by atoms with van der Waals surface area (Å²) in [6, 6.07) is 4.94.